The number of ether oxygens (including phenoxy) is 1. The lowest BCUT2D eigenvalue weighted by atomic mass is 10.1. The third-order valence-corrected chi connectivity index (χ3v) is 5.19. The first kappa shape index (κ1) is 19.0. The Kier molecular flexibility index (Phi) is 6.54. The molecule has 0 spiro atoms. The second kappa shape index (κ2) is 9.28. The first-order chi connectivity index (χ1) is 13.2. The van der Waals surface area contributed by atoms with Gasteiger partial charge in [-0.1, -0.05) is 48.2 Å². The van der Waals surface area contributed by atoms with Crippen LogP contribution in [-0.4, -0.2) is 34.9 Å². The number of nitrogens with zero attached hydrogens (tertiary/aromatic N) is 2. The summed E-state index contributed by atoms with van der Waals surface area (Å²) in [6.45, 7) is 2.64. The summed E-state index contributed by atoms with van der Waals surface area (Å²) in [5.74, 6) is 1.17. The second-order valence-electron chi connectivity index (χ2n) is 6.07. The number of amides is 1. The zero-order valence-corrected chi connectivity index (χ0v) is 16.3. The molecule has 140 valence electrons. The lowest BCUT2D eigenvalue weighted by Gasteiger charge is -2.11. The van der Waals surface area contributed by atoms with Crippen molar-refractivity contribution in [1.82, 2.24) is 14.9 Å². The number of imidazole rings is 1. The van der Waals surface area contributed by atoms with Crippen molar-refractivity contribution in [2.24, 2.45) is 0 Å². The van der Waals surface area contributed by atoms with E-state index in [1.807, 2.05) is 53.2 Å². The number of aryl methyl sites for hydroxylation is 1. The lowest BCUT2D eigenvalue weighted by molar-refractivity contribution is -0.118. The van der Waals surface area contributed by atoms with E-state index in [0.717, 1.165) is 28.6 Å². The summed E-state index contributed by atoms with van der Waals surface area (Å²) < 4.78 is 7.35. The van der Waals surface area contributed by atoms with Crippen LogP contribution in [0.15, 0.2) is 66.1 Å². The number of para-hydroxylation sites is 2. The maximum atomic E-state index is 12.2. The van der Waals surface area contributed by atoms with E-state index in [4.69, 9.17) is 4.74 Å². The summed E-state index contributed by atoms with van der Waals surface area (Å²) in [7, 11) is 1.66. The molecule has 0 aliphatic heterocycles. The molecule has 0 radical (unpaired) electrons. The van der Waals surface area contributed by atoms with E-state index < -0.39 is 0 Å². The largest absolute Gasteiger partial charge is 0.496 e. The Morgan fingerprint density at radius 3 is 2.78 bits per heavy atom. The van der Waals surface area contributed by atoms with Crippen molar-refractivity contribution in [3.63, 3.8) is 0 Å². The predicted octanol–water partition coefficient (Wildman–Crippen LogP) is 3.64. The normalized spacial score (nSPS) is 10.6. The van der Waals surface area contributed by atoms with Gasteiger partial charge in [-0.3, -0.25) is 9.36 Å². The summed E-state index contributed by atoms with van der Waals surface area (Å²) in [6, 6.07) is 16.0. The van der Waals surface area contributed by atoms with Gasteiger partial charge in [0.15, 0.2) is 5.16 Å². The molecule has 5 nitrogen and oxygen atoms in total. The zero-order chi connectivity index (χ0) is 19.1. The molecule has 27 heavy (non-hydrogen) atoms. The Morgan fingerprint density at radius 2 is 1.96 bits per heavy atom. The topological polar surface area (TPSA) is 56.1 Å². The van der Waals surface area contributed by atoms with Crippen LogP contribution in [0.2, 0.25) is 0 Å². The Bertz CT molecular complexity index is 908. The number of aromatic nitrogens is 2. The highest BCUT2D eigenvalue weighted by atomic mass is 32.2. The van der Waals surface area contributed by atoms with E-state index in [-0.39, 0.29) is 5.91 Å². The van der Waals surface area contributed by atoms with Gasteiger partial charge >= 0.3 is 0 Å². The fraction of sp³-hybridized carbons (Fsp3) is 0.238. The Hall–Kier alpha value is -2.73. The van der Waals surface area contributed by atoms with Crippen molar-refractivity contribution in [3.05, 3.63) is 72.1 Å². The first-order valence-electron chi connectivity index (χ1n) is 8.80. The number of methoxy groups -OCH3 is 1. The molecule has 0 atom stereocenters. The molecule has 0 fully saturated rings. The Morgan fingerprint density at radius 1 is 1.19 bits per heavy atom. The highest BCUT2D eigenvalue weighted by molar-refractivity contribution is 7.99. The van der Waals surface area contributed by atoms with E-state index in [1.54, 1.807) is 13.3 Å². The molecule has 1 aromatic heterocycles. The minimum absolute atomic E-state index is 0.00534. The number of nitrogens with one attached hydrogen (secondary N) is 1. The number of carbonyl (C=O) groups is 1. The van der Waals surface area contributed by atoms with Crippen molar-refractivity contribution >= 4 is 17.7 Å². The van der Waals surface area contributed by atoms with E-state index in [2.05, 4.69) is 23.3 Å². The van der Waals surface area contributed by atoms with Crippen LogP contribution in [0.3, 0.4) is 0 Å². The predicted molar refractivity (Wildman–Crippen MR) is 109 cm³/mol. The molecule has 1 heterocycles. The Balaban J connectivity index is 1.52. The van der Waals surface area contributed by atoms with Gasteiger partial charge in [0.2, 0.25) is 5.91 Å². The lowest BCUT2D eigenvalue weighted by Crippen LogP contribution is -2.27. The monoisotopic (exact) mass is 381 g/mol. The van der Waals surface area contributed by atoms with Gasteiger partial charge < -0.3 is 10.1 Å². The van der Waals surface area contributed by atoms with Crippen LogP contribution >= 0.6 is 11.8 Å². The molecule has 0 saturated heterocycles. The third-order valence-electron chi connectivity index (χ3n) is 4.22. The molecule has 1 amide bonds. The zero-order valence-electron chi connectivity index (χ0n) is 15.5. The van der Waals surface area contributed by atoms with Crippen LogP contribution in [0.4, 0.5) is 0 Å². The van der Waals surface area contributed by atoms with Crippen LogP contribution in [0.1, 0.15) is 11.1 Å². The maximum Gasteiger partial charge on any atom is 0.230 e. The molecule has 2 aromatic carbocycles. The molecule has 0 aliphatic carbocycles. The van der Waals surface area contributed by atoms with Crippen molar-refractivity contribution in [2.45, 2.75) is 18.5 Å². The highest BCUT2D eigenvalue weighted by Crippen LogP contribution is 2.22. The molecular weight excluding hydrogens is 358 g/mol. The van der Waals surface area contributed by atoms with Crippen LogP contribution < -0.4 is 10.1 Å². The molecular formula is C21H23N3O2S. The molecule has 0 bridgehead atoms. The van der Waals surface area contributed by atoms with Crippen molar-refractivity contribution < 1.29 is 9.53 Å². The van der Waals surface area contributed by atoms with Gasteiger partial charge in [0, 0.05) is 18.9 Å². The molecule has 3 rings (SSSR count). The minimum atomic E-state index is -0.00534. The molecule has 0 unspecified atom stereocenters. The van der Waals surface area contributed by atoms with Crippen molar-refractivity contribution in [1.29, 1.82) is 0 Å². The van der Waals surface area contributed by atoms with Crippen molar-refractivity contribution in [3.8, 4) is 11.4 Å². The van der Waals surface area contributed by atoms with Gasteiger partial charge in [0.05, 0.1) is 18.6 Å². The van der Waals surface area contributed by atoms with E-state index in [0.29, 0.717) is 12.3 Å². The number of hydrogen-bond acceptors (Lipinski definition) is 4. The summed E-state index contributed by atoms with van der Waals surface area (Å²) in [6.07, 6.45) is 4.41. The summed E-state index contributed by atoms with van der Waals surface area (Å²) >= 11 is 1.43. The standard InChI is InChI=1S/C21H23N3O2S/c1-16-7-3-5-9-18(16)24-14-13-23-21(24)27-15-20(25)22-12-11-17-8-4-6-10-19(17)26-2/h3-10,13-14H,11-12,15H2,1-2H3,(H,22,25). The number of hydrogen-bond donors (Lipinski definition) is 1. The van der Waals surface area contributed by atoms with Crippen LogP contribution in [0, 0.1) is 6.92 Å². The van der Waals surface area contributed by atoms with Crippen LogP contribution in [0.5, 0.6) is 5.75 Å². The van der Waals surface area contributed by atoms with E-state index in [9.17, 15) is 4.79 Å². The fourth-order valence-corrected chi connectivity index (χ4v) is 3.64. The Labute approximate surface area is 163 Å². The molecule has 3 aromatic rings. The van der Waals surface area contributed by atoms with Gasteiger partial charge in [-0.25, -0.2) is 4.98 Å². The first-order valence-corrected chi connectivity index (χ1v) is 9.78. The van der Waals surface area contributed by atoms with Crippen LogP contribution in [-0.2, 0) is 11.2 Å². The molecule has 0 aliphatic rings. The average molecular weight is 382 g/mol. The minimum Gasteiger partial charge on any atom is -0.496 e. The smallest absolute Gasteiger partial charge is 0.230 e. The maximum absolute atomic E-state index is 12.2. The quantitative estimate of drug-likeness (QED) is 0.605. The van der Waals surface area contributed by atoms with Crippen LogP contribution in [0.25, 0.3) is 5.69 Å². The van der Waals surface area contributed by atoms with Gasteiger partial charge in [0.1, 0.15) is 5.75 Å². The van der Waals surface area contributed by atoms with Gasteiger partial charge in [-0.15, -0.1) is 0 Å². The van der Waals surface area contributed by atoms with Crippen molar-refractivity contribution in [2.75, 3.05) is 19.4 Å². The summed E-state index contributed by atoms with van der Waals surface area (Å²) in [4.78, 5) is 16.6. The van der Waals surface area contributed by atoms with Gasteiger partial charge in [-0.2, -0.15) is 0 Å². The third kappa shape index (κ3) is 4.92. The SMILES string of the molecule is COc1ccccc1CCNC(=O)CSc1nccn1-c1ccccc1C. The highest BCUT2D eigenvalue weighted by Gasteiger charge is 2.10. The average Bonchev–Trinajstić information content (AvgIpc) is 3.15. The van der Waals surface area contributed by atoms with Gasteiger partial charge in [-0.05, 0) is 36.6 Å². The van der Waals surface area contributed by atoms with E-state index in [1.165, 1.54) is 17.3 Å². The molecule has 6 heteroatoms. The molecule has 0 saturated carbocycles. The van der Waals surface area contributed by atoms with E-state index >= 15 is 0 Å². The number of thioether (sulfide) groups is 1. The summed E-state index contributed by atoms with van der Waals surface area (Å²) in [5, 5.41) is 3.77. The molecule has 1 N–H and O–H groups in total. The number of benzene rings is 2. The van der Waals surface area contributed by atoms with Gasteiger partial charge in [0.25, 0.3) is 0 Å². The second-order valence-corrected chi connectivity index (χ2v) is 7.01. The number of carbonyl (C=O) groups excluding carboxylic acids is 1. The fourth-order valence-electron chi connectivity index (χ4n) is 2.84. The number of rotatable bonds is 8. The summed E-state index contributed by atoms with van der Waals surface area (Å²) in [5.41, 5.74) is 3.33.